The first-order valence-corrected chi connectivity index (χ1v) is 14.1. The van der Waals surface area contributed by atoms with E-state index in [4.69, 9.17) is 32.6 Å². The summed E-state index contributed by atoms with van der Waals surface area (Å²) in [6.45, 7) is 1.26. The van der Waals surface area contributed by atoms with Crippen molar-refractivity contribution in [3.8, 4) is 5.75 Å². The number of rotatable bonds is 4. The normalized spacial score (nSPS) is 20.3. The van der Waals surface area contributed by atoms with Gasteiger partial charge < -0.3 is 21.1 Å². The van der Waals surface area contributed by atoms with Crippen molar-refractivity contribution in [2.24, 2.45) is 5.73 Å². The van der Waals surface area contributed by atoms with Crippen molar-refractivity contribution in [1.29, 1.82) is 4.78 Å². The van der Waals surface area contributed by atoms with Gasteiger partial charge in [0, 0.05) is 48.7 Å². The van der Waals surface area contributed by atoms with E-state index in [0.717, 1.165) is 5.56 Å². The highest BCUT2D eigenvalue weighted by Crippen LogP contribution is 2.47. The molecule has 1 unspecified atom stereocenters. The van der Waals surface area contributed by atoms with E-state index in [9.17, 15) is 8.60 Å². The Morgan fingerprint density at radius 3 is 2.74 bits per heavy atom. The Morgan fingerprint density at radius 1 is 1.31 bits per heavy atom. The monoisotopic (exact) mass is 534 g/mol. The molecule has 1 spiro atoms. The van der Waals surface area contributed by atoms with Crippen LogP contribution in [0, 0.1) is 10.6 Å². The van der Waals surface area contributed by atoms with Crippen LogP contribution in [0.15, 0.2) is 57.4 Å². The molecule has 5 N–H and O–H groups in total. The molecule has 0 radical (unpaired) electrons. The summed E-state index contributed by atoms with van der Waals surface area (Å²) in [5.74, 6) is 1.06. The molecule has 2 atom stereocenters. The highest BCUT2D eigenvalue weighted by atomic mass is 35.5. The van der Waals surface area contributed by atoms with E-state index in [1.807, 2.05) is 0 Å². The number of benzene rings is 2. The first-order valence-electron chi connectivity index (χ1n) is 10.9. The third-order valence-corrected chi connectivity index (χ3v) is 9.31. The molecule has 8 nitrogen and oxygen atoms in total. The summed E-state index contributed by atoms with van der Waals surface area (Å²) in [6, 6.07) is 9.22. The number of nitrogens with zero attached hydrogens (tertiary/aromatic N) is 3. The van der Waals surface area contributed by atoms with E-state index in [0.29, 0.717) is 47.4 Å². The summed E-state index contributed by atoms with van der Waals surface area (Å²) in [4.78, 5) is 12.0. The number of nitrogen functional groups attached to an aromatic ring is 1. The van der Waals surface area contributed by atoms with E-state index in [1.54, 1.807) is 30.5 Å². The van der Waals surface area contributed by atoms with Crippen molar-refractivity contribution in [2.45, 2.75) is 39.3 Å². The van der Waals surface area contributed by atoms with Crippen molar-refractivity contribution < 1.29 is 13.3 Å². The number of piperidine rings is 1. The standard InChI is InChI=1S/C23H24ClFN6O2S2/c1-35(28,32)17-4-2-3-16(19(17)24)34-22-21(27)30-18(12-29-22)31-9-7-23(8-10-31)20(26)14-6-5-13(25)11-15(14)33-23/h2-6,11-12,20,28H,7-10,26H2,1H3,(H2,27,30)/t20-,35?/m1/s1. The van der Waals surface area contributed by atoms with Gasteiger partial charge in [-0.1, -0.05) is 35.5 Å². The van der Waals surface area contributed by atoms with Crippen LogP contribution in [-0.2, 0) is 9.73 Å². The van der Waals surface area contributed by atoms with Crippen LogP contribution in [0.4, 0.5) is 16.0 Å². The lowest BCUT2D eigenvalue weighted by atomic mass is 9.83. The van der Waals surface area contributed by atoms with Gasteiger partial charge in [0.25, 0.3) is 0 Å². The van der Waals surface area contributed by atoms with Gasteiger partial charge in [-0.2, -0.15) is 0 Å². The molecule has 12 heteroatoms. The number of hydrogen-bond acceptors (Lipinski definition) is 9. The summed E-state index contributed by atoms with van der Waals surface area (Å²) in [5, 5.41) is 0.716. The molecule has 1 fully saturated rings. The Morgan fingerprint density at radius 2 is 2.06 bits per heavy atom. The van der Waals surface area contributed by atoms with Crippen LogP contribution < -0.4 is 21.1 Å². The van der Waals surface area contributed by atoms with E-state index in [1.165, 1.54) is 30.2 Å². The molecule has 0 saturated carbocycles. The molecule has 3 aromatic rings. The van der Waals surface area contributed by atoms with Crippen molar-refractivity contribution in [3.63, 3.8) is 0 Å². The number of hydrogen-bond donors (Lipinski definition) is 3. The van der Waals surface area contributed by atoms with Gasteiger partial charge in [0.05, 0.1) is 31.9 Å². The fourth-order valence-electron chi connectivity index (χ4n) is 4.53. The number of fused-ring (bicyclic) bond motifs is 1. The smallest absolute Gasteiger partial charge is 0.158 e. The topological polar surface area (TPSA) is 131 Å². The summed E-state index contributed by atoms with van der Waals surface area (Å²) < 4.78 is 39.8. The predicted molar refractivity (Wildman–Crippen MR) is 135 cm³/mol. The minimum atomic E-state index is -2.97. The molecule has 3 heterocycles. The van der Waals surface area contributed by atoms with Crippen LogP contribution in [0.2, 0.25) is 5.02 Å². The lowest BCUT2D eigenvalue weighted by Crippen LogP contribution is -2.51. The molecule has 2 aliphatic rings. The molecule has 0 aliphatic carbocycles. The van der Waals surface area contributed by atoms with Gasteiger partial charge in [0.15, 0.2) is 5.82 Å². The lowest BCUT2D eigenvalue weighted by molar-refractivity contribution is 0.0429. The second-order valence-corrected chi connectivity index (χ2v) is 12.3. The fourth-order valence-corrected chi connectivity index (χ4v) is 6.88. The second-order valence-electron chi connectivity index (χ2n) is 8.75. The van der Waals surface area contributed by atoms with Crippen molar-refractivity contribution in [2.75, 3.05) is 30.0 Å². The summed E-state index contributed by atoms with van der Waals surface area (Å²) >= 11 is 7.61. The minimum Gasteiger partial charge on any atom is -0.485 e. The maximum atomic E-state index is 13.6. The maximum Gasteiger partial charge on any atom is 0.158 e. The minimum absolute atomic E-state index is 0.245. The Balaban J connectivity index is 1.30. The maximum absolute atomic E-state index is 13.6. The van der Waals surface area contributed by atoms with Gasteiger partial charge in [-0.05, 0) is 18.2 Å². The lowest BCUT2D eigenvalue weighted by Gasteiger charge is -2.41. The molecule has 35 heavy (non-hydrogen) atoms. The molecule has 0 amide bonds. The van der Waals surface area contributed by atoms with Gasteiger partial charge in [-0.25, -0.2) is 23.3 Å². The summed E-state index contributed by atoms with van der Waals surface area (Å²) in [5.41, 5.74) is 13.0. The highest BCUT2D eigenvalue weighted by molar-refractivity contribution is 7.99. The quantitative estimate of drug-likeness (QED) is 0.447. The van der Waals surface area contributed by atoms with E-state index >= 15 is 0 Å². The van der Waals surface area contributed by atoms with Crippen LogP contribution in [0.25, 0.3) is 0 Å². The Labute approximate surface area is 212 Å². The van der Waals surface area contributed by atoms with E-state index < -0.39 is 15.3 Å². The van der Waals surface area contributed by atoms with E-state index in [2.05, 4.69) is 14.9 Å². The van der Waals surface area contributed by atoms with Crippen molar-refractivity contribution >= 4 is 44.7 Å². The highest BCUT2D eigenvalue weighted by Gasteiger charge is 2.48. The Kier molecular flexibility index (Phi) is 6.07. The van der Waals surface area contributed by atoms with Crippen LogP contribution >= 0.6 is 23.4 Å². The Bertz CT molecular complexity index is 1410. The van der Waals surface area contributed by atoms with Gasteiger partial charge in [-0.15, -0.1) is 0 Å². The van der Waals surface area contributed by atoms with Gasteiger partial charge in [0.2, 0.25) is 0 Å². The number of halogens is 2. The van der Waals surface area contributed by atoms with Gasteiger partial charge in [-0.3, -0.25) is 0 Å². The van der Waals surface area contributed by atoms with E-state index in [-0.39, 0.29) is 27.6 Å². The molecular weight excluding hydrogens is 511 g/mol. The first-order chi connectivity index (χ1) is 16.6. The first kappa shape index (κ1) is 24.1. The van der Waals surface area contributed by atoms with Crippen LogP contribution in [-0.4, -0.2) is 39.1 Å². The third-order valence-electron chi connectivity index (χ3n) is 6.43. The molecule has 2 aromatic carbocycles. The fraction of sp³-hybridized carbons (Fsp3) is 0.304. The SMILES string of the molecule is CS(=N)(=O)c1cccc(Sc2ncc(N3CCC4(CC3)Oc3cc(F)ccc3[C@H]4N)nc2N)c1Cl. The van der Waals surface area contributed by atoms with Gasteiger partial charge in [0.1, 0.15) is 28.0 Å². The average Bonchev–Trinajstić information content (AvgIpc) is 3.06. The number of nitrogens with two attached hydrogens (primary N) is 2. The molecule has 1 saturated heterocycles. The number of aromatic nitrogens is 2. The molecular formula is C23H24ClFN6O2S2. The number of nitrogens with one attached hydrogen (secondary N) is 1. The zero-order chi connectivity index (χ0) is 25.0. The Hall–Kier alpha value is -2.60. The molecule has 1 aromatic heterocycles. The number of ether oxygens (including phenoxy) is 1. The second kappa shape index (κ2) is 8.81. The molecule has 5 rings (SSSR count). The third kappa shape index (κ3) is 4.42. The van der Waals surface area contributed by atoms with Crippen LogP contribution in [0.3, 0.4) is 0 Å². The van der Waals surface area contributed by atoms with Gasteiger partial charge >= 0.3 is 0 Å². The summed E-state index contributed by atoms with van der Waals surface area (Å²) in [7, 11) is -2.97. The van der Waals surface area contributed by atoms with Crippen molar-refractivity contribution in [1.82, 2.24) is 9.97 Å². The largest absolute Gasteiger partial charge is 0.485 e. The molecule has 184 valence electrons. The molecule has 0 bridgehead atoms. The van der Waals surface area contributed by atoms with Crippen molar-refractivity contribution in [3.05, 3.63) is 59.0 Å². The average molecular weight is 535 g/mol. The summed E-state index contributed by atoms with van der Waals surface area (Å²) in [6.07, 6.45) is 4.28. The zero-order valence-corrected chi connectivity index (χ0v) is 21.2. The predicted octanol–water partition coefficient (Wildman–Crippen LogP) is 4.47. The molecule has 2 aliphatic heterocycles. The number of anilines is 2. The van der Waals surface area contributed by atoms with Crippen LogP contribution in [0.5, 0.6) is 5.75 Å². The van der Waals surface area contributed by atoms with Crippen LogP contribution in [0.1, 0.15) is 24.4 Å². The zero-order valence-electron chi connectivity index (χ0n) is 18.8.